The number of thioether (sulfide) groups is 1. The Morgan fingerprint density at radius 2 is 1.92 bits per heavy atom. The summed E-state index contributed by atoms with van der Waals surface area (Å²) in [6.07, 6.45) is 1.96. The highest BCUT2D eigenvalue weighted by Crippen LogP contribution is 2.21. The van der Waals surface area contributed by atoms with Crippen molar-refractivity contribution in [2.24, 2.45) is 0 Å². The second kappa shape index (κ2) is 8.02. The van der Waals surface area contributed by atoms with E-state index in [0.717, 1.165) is 34.6 Å². The molecule has 0 aliphatic carbocycles. The highest BCUT2D eigenvalue weighted by atomic mass is 32.2. The highest BCUT2D eigenvalue weighted by Gasteiger charge is 2.14. The number of nitrogens with one attached hydrogen (secondary N) is 2. The molecule has 0 bridgehead atoms. The number of fused-ring (bicyclic) bond motifs is 1. The largest absolute Gasteiger partial charge is 0.349 e. The molecule has 5 heteroatoms. The quantitative estimate of drug-likeness (QED) is 0.631. The van der Waals surface area contributed by atoms with Gasteiger partial charge >= 0.3 is 0 Å². The summed E-state index contributed by atoms with van der Waals surface area (Å²) < 4.78 is 0. The van der Waals surface area contributed by atoms with Crippen molar-refractivity contribution in [3.05, 3.63) is 60.2 Å². The molecule has 4 nitrogen and oxygen atoms in total. The monoisotopic (exact) mass is 339 g/mol. The van der Waals surface area contributed by atoms with Crippen molar-refractivity contribution in [2.75, 3.05) is 5.75 Å². The summed E-state index contributed by atoms with van der Waals surface area (Å²) in [5.41, 5.74) is 3.07. The molecule has 3 rings (SSSR count). The van der Waals surface area contributed by atoms with Gasteiger partial charge in [0.1, 0.15) is 0 Å². The molecule has 0 radical (unpaired) electrons. The van der Waals surface area contributed by atoms with E-state index in [2.05, 4.69) is 34.3 Å². The molecule has 24 heavy (non-hydrogen) atoms. The fraction of sp³-hybridized carbons (Fsp3) is 0.263. The van der Waals surface area contributed by atoms with E-state index in [9.17, 15) is 4.79 Å². The van der Waals surface area contributed by atoms with Crippen LogP contribution in [0.5, 0.6) is 0 Å². The first-order valence-corrected chi connectivity index (χ1v) is 9.16. The van der Waals surface area contributed by atoms with Gasteiger partial charge in [0.15, 0.2) is 5.16 Å². The summed E-state index contributed by atoms with van der Waals surface area (Å²) in [5.74, 6) is 0.384. The van der Waals surface area contributed by atoms with Gasteiger partial charge in [-0.05, 0) is 24.1 Å². The number of amides is 1. The molecule has 3 aromatic rings. The number of benzene rings is 2. The van der Waals surface area contributed by atoms with Crippen molar-refractivity contribution in [2.45, 2.75) is 31.0 Å². The summed E-state index contributed by atoms with van der Waals surface area (Å²) in [4.78, 5) is 20.0. The number of hydrogen-bond donors (Lipinski definition) is 2. The molecule has 2 aromatic carbocycles. The first-order valence-electron chi connectivity index (χ1n) is 8.18. The maximum atomic E-state index is 12.3. The Balaban J connectivity index is 1.59. The molecule has 1 amide bonds. The molecule has 0 fully saturated rings. The van der Waals surface area contributed by atoms with E-state index < -0.39 is 0 Å². The average molecular weight is 339 g/mol. The molecule has 0 saturated carbocycles. The lowest BCUT2D eigenvalue weighted by Gasteiger charge is -2.18. The van der Waals surface area contributed by atoms with E-state index in [4.69, 9.17) is 0 Å². The number of hydrogen-bond acceptors (Lipinski definition) is 3. The lowest BCUT2D eigenvalue weighted by molar-refractivity contribution is -0.119. The lowest BCUT2D eigenvalue weighted by Crippen LogP contribution is -2.29. The van der Waals surface area contributed by atoms with Gasteiger partial charge in [0.2, 0.25) is 5.91 Å². The van der Waals surface area contributed by atoms with E-state index in [-0.39, 0.29) is 11.9 Å². The maximum absolute atomic E-state index is 12.3. The van der Waals surface area contributed by atoms with Crippen LogP contribution in [0.25, 0.3) is 11.0 Å². The van der Waals surface area contributed by atoms with Crippen LogP contribution in [0, 0.1) is 0 Å². The van der Waals surface area contributed by atoms with Crippen molar-refractivity contribution in [3.63, 3.8) is 0 Å². The van der Waals surface area contributed by atoms with Crippen molar-refractivity contribution in [1.29, 1.82) is 0 Å². The van der Waals surface area contributed by atoms with E-state index in [1.165, 1.54) is 11.8 Å². The van der Waals surface area contributed by atoms with Crippen molar-refractivity contribution >= 4 is 28.7 Å². The zero-order valence-corrected chi connectivity index (χ0v) is 14.5. The second-order valence-corrected chi connectivity index (χ2v) is 6.63. The van der Waals surface area contributed by atoms with Crippen LogP contribution < -0.4 is 5.32 Å². The predicted molar refractivity (Wildman–Crippen MR) is 99.1 cm³/mol. The minimum atomic E-state index is 0.0303. The van der Waals surface area contributed by atoms with Crippen LogP contribution in [0.4, 0.5) is 0 Å². The van der Waals surface area contributed by atoms with Crippen LogP contribution in [-0.2, 0) is 4.79 Å². The van der Waals surface area contributed by atoms with Crippen LogP contribution in [0.1, 0.15) is 31.4 Å². The Kier molecular flexibility index (Phi) is 5.54. The van der Waals surface area contributed by atoms with Gasteiger partial charge in [-0.2, -0.15) is 0 Å². The molecule has 0 aliphatic heterocycles. The minimum absolute atomic E-state index is 0.0303. The normalized spacial score (nSPS) is 12.2. The van der Waals surface area contributed by atoms with Crippen LogP contribution in [0.3, 0.4) is 0 Å². The number of H-pyrrole nitrogens is 1. The molecular weight excluding hydrogens is 318 g/mol. The van der Waals surface area contributed by atoms with Crippen molar-refractivity contribution < 1.29 is 4.79 Å². The number of imidazole rings is 1. The minimum Gasteiger partial charge on any atom is -0.349 e. The second-order valence-electron chi connectivity index (χ2n) is 5.67. The Morgan fingerprint density at radius 1 is 1.17 bits per heavy atom. The Hall–Kier alpha value is -2.27. The van der Waals surface area contributed by atoms with Gasteiger partial charge in [0.25, 0.3) is 0 Å². The summed E-state index contributed by atoms with van der Waals surface area (Å²) in [5, 5.41) is 3.91. The summed E-state index contributed by atoms with van der Waals surface area (Å²) in [6, 6.07) is 18.1. The van der Waals surface area contributed by atoms with Gasteiger partial charge < -0.3 is 10.3 Å². The molecular formula is C19H21N3OS. The summed E-state index contributed by atoms with van der Waals surface area (Å²) in [7, 11) is 0. The maximum Gasteiger partial charge on any atom is 0.230 e. The average Bonchev–Trinajstić information content (AvgIpc) is 3.03. The van der Waals surface area contributed by atoms with Crippen LogP contribution in [0.15, 0.2) is 59.8 Å². The predicted octanol–water partition coefficient (Wildman–Crippen LogP) is 4.31. The molecule has 0 spiro atoms. The number of aromatic amines is 1. The molecule has 2 N–H and O–H groups in total. The smallest absolute Gasteiger partial charge is 0.230 e. The molecule has 1 heterocycles. The number of carbonyl (C=O) groups is 1. The zero-order valence-electron chi connectivity index (χ0n) is 13.7. The van der Waals surface area contributed by atoms with Gasteiger partial charge in [0, 0.05) is 0 Å². The number of rotatable bonds is 7. The first-order chi connectivity index (χ1) is 11.8. The lowest BCUT2D eigenvalue weighted by atomic mass is 10.0. The third-order valence-electron chi connectivity index (χ3n) is 3.82. The van der Waals surface area contributed by atoms with E-state index in [0.29, 0.717) is 5.75 Å². The van der Waals surface area contributed by atoms with Gasteiger partial charge in [0.05, 0.1) is 22.8 Å². The highest BCUT2D eigenvalue weighted by molar-refractivity contribution is 7.99. The summed E-state index contributed by atoms with van der Waals surface area (Å²) >= 11 is 1.43. The molecule has 0 unspecified atom stereocenters. The van der Waals surface area contributed by atoms with Gasteiger partial charge in [-0.25, -0.2) is 4.98 Å². The van der Waals surface area contributed by atoms with E-state index >= 15 is 0 Å². The first kappa shape index (κ1) is 16.6. The van der Waals surface area contributed by atoms with Crippen LogP contribution >= 0.6 is 11.8 Å². The van der Waals surface area contributed by atoms with Gasteiger partial charge in [-0.3, -0.25) is 4.79 Å². The topological polar surface area (TPSA) is 57.8 Å². The number of carbonyl (C=O) groups excluding carboxylic acids is 1. The van der Waals surface area contributed by atoms with Crippen LogP contribution in [-0.4, -0.2) is 21.6 Å². The van der Waals surface area contributed by atoms with E-state index in [1.807, 2.05) is 42.5 Å². The molecule has 1 atom stereocenters. The third-order valence-corrected chi connectivity index (χ3v) is 4.70. The Bertz CT molecular complexity index is 767. The SMILES string of the molecule is CCC[C@H](NC(=O)CSc1nc2ccccc2[nH]1)c1ccccc1. The number of aromatic nitrogens is 2. The number of para-hydroxylation sites is 2. The van der Waals surface area contributed by atoms with Crippen LogP contribution in [0.2, 0.25) is 0 Å². The number of nitrogens with zero attached hydrogens (tertiary/aromatic N) is 1. The molecule has 0 aliphatic rings. The Morgan fingerprint density at radius 3 is 2.67 bits per heavy atom. The fourth-order valence-corrected chi connectivity index (χ4v) is 3.36. The van der Waals surface area contributed by atoms with Crippen molar-refractivity contribution in [1.82, 2.24) is 15.3 Å². The fourth-order valence-electron chi connectivity index (χ4n) is 2.66. The molecule has 1 aromatic heterocycles. The van der Waals surface area contributed by atoms with Crippen molar-refractivity contribution in [3.8, 4) is 0 Å². The standard InChI is InChI=1S/C19H21N3OS/c1-2-8-15(14-9-4-3-5-10-14)20-18(23)13-24-19-21-16-11-6-7-12-17(16)22-19/h3-7,9-12,15H,2,8,13H2,1H3,(H,20,23)(H,21,22)/t15-/m0/s1. The van der Waals surface area contributed by atoms with Gasteiger partial charge in [-0.1, -0.05) is 67.6 Å². The van der Waals surface area contributed by atoms with E-state index in [1.54, 1.807) is 0 Å². The van der Waals surface area contributed by atoms with Gasteiger partial charge in [-0.15, -0.1) is 0 Å². The zero-order chi connectivity index (χ0) is 16.8. The molecule has 124 valence electrons. The third kappa shape index (κ3) is 4.17. The molecule has 0 saturated heterocycles. The summed E-state index contributed by atoms with van der Waals surface area (Å²) in [6.45, 7) is 2.13. The Labute approximate surface area is 146 Å².